The summed E-state index contributed by atoms with van der Waals surface area (Å²) in [4.78, 5) is 0.416. The molecular weight excluding hydrogens is 312 g/mol. The van der Waals surface area contributed by atoms with Crippen LogP contribution in [0.15, 0.2) is 54.6 Å². The third-order valence-electron chi connectivity index (χ3n) is 3.24. The number of benzene rings is 2. The van der Waals surface area contributed by atoms with Gasteiger partial charge in [-0.15, -0.1) is 0 Å². The van der Waals surface area contributed by atoms with Crippen LogP contribution >= 0.6 is 15.9 Å². The van der Waals surface area contributed by atoms with Gasteiger partial charge in [-0.25, -0.2) is 0 Å². The average molecular weight is 333 g/mol. The molecule has 0 N–H and O–H groups in total. The van der Waals surface area contributed by atoms with Crippen molar-refractivity contribution in [2.45, 2.75) is 31.0 Å². The van der Waals surface area contributed by atoms with E-state index in [9.17, 15) is 0 Å². The molecule has 0 radical (unpaired) electrons. The molecule has 0 aliphatic rings. The minimum absolute atomic E-state index is 0.416. The standard InChI is InChI=1S/C18H21BrO/c1-2-14-20-17-11-8-15(9-12-17)10-13-18(19)16-6-4-3-5-7-16/h3-9,11-12,18H,2,10,13-14H2,1H3. The van der Waals surface area contributed by atoms with Crippen LogP contribution in [-0.2, 0) is 6.42 Å². The maximum absolute atomic E-state index is 5.60. The molecule has 1 atom stereocenters. The minimum Gasteiger partial charge on any atom is -0.494 e. The van der Waals surface area contributed by atoms with Crippen molar-refractivity contribution in [1.82, 2.24) is 0 Å². The van der Waals surface area contributed by atoms with Crippen LogP contribution in [0.2, 0.25) is 0 Å². The maximum atomic E-state index is 5.60. The van der Waals surface area contributed by atoms with E-state index < -0.39 is 0 Å². The highest BCUT2D eigenvalue weighted by molar-refractivity contribution is 9.09. The second kappa shape index (κ2) is 8.11. The summed E-state index contributed by atoms with van der Waals surface area (Å²) in [7, 11) is 0. The molecule has 1 nitrogen and oxygen atoms in total. The molecule has 2 rings (SSSR count). The number of hydrogen-bond acceptors (Lipinski definition) is 1. The van der Waals surface area contributed by atoms with Gasteiger partial charge in [0.05, 0.1) is 6.61 Å². The molecule has 0 fully saturated rings. The summed E-state index contributed by atoms with van der Waals surface area (Å²) < 4.78 is 5.60. The summed E-state index contributed by atoms with van der Waals surface area (Å²) in [6.07, 6.45) is 3.21. The largest absolute Gasteiger partial charge is 0.494 e. The molecule has 2 aromatic carbocycles. The molecule has 0 saturated heterocycles. The van der Waals surface area contributed by atoms with E-state index in [1.54, 1.807) is 0 Å². The van der Waals surface area contributed by atoms with Crippen molar-refractivity contribution in [1.29, 1.82) is 0 Å². The topological polar surface area (TPSA) is 9.23 Å². The Morgan fingerprint density at radius 3 is 2.35 bits per heavy atom. The molecular formula is C18H21BrO. The van der Waals surface area contributed by atoms with E-state index in [1.807, 2.05) is 0 Å². The van der Waals surface area contributed by atoms with Gasteiger partial charge in [-0.05, 0) is 42.5 Å². The first-order valence-electron chi connectivity index (χ1n) is 7.20. The van der Waals surface area contributed by atoms with Gasteiger partial charge in [0.15, 0.2) is 0 Å². The van der Waals surface area contributed by atoms with Crippen molar-refractivity contribution in [2.75, 3.05) is 6.61 Å². The third kappa shape index (κ3) is 4.68. The highest BCUT2D eigenvalue weighted by Crippen LogP contribution is 2.27. The van der Waals surface area contributed by atoms with Gasteiger partial charge in [-0.1, -0.05) is 65.3 Å². The van der Waals surface area contributed by atoms with Gasteiger partial charge < -0.3 is 4.74 Å². The molecule has 1 unspecified atom stereocenters. The molecule has 2 heteroatoms. The average Bonchev–Trinajstić information content (AvgIpc) is 2.52. The Morgan fingerprint density at radius 1 is 1.00 bits per heavy atom. The lowest BCUT2D eigenvalue weighted by molar-refractivity contribution is 0.317. The highest BCUT2D eigenvalue weighted by atomic mass is 79.9. The predicted molar refractivity (Wildman–Crippen MR) is 88.7 cm³/mol. The fourth-order valence-corrected chi connectivity index (χ4v) is 2.63. The Hall–Kier alpha value is -1.28. The molecule has 0 spiro atoms. The van der Waals surface area contributed by atoms with Crippen LogP contribution in [0.5, 0.6) is 5.75 Å². The minimum atomic E-state index is 0.416. The quantitative estimate of drug-likeness (QED) is 0.604. The lowest BCUT2D eigenvalue weighted by Gasteiger charge is -2.10. The van der Waals surface area contributed by atoms with Crippen molar-refractivity contribution >= 4 is 15.9 Å². The molecule has 0 bridgehead atoms. The number of rotatable bonds is 7. The number of hydrogen-bond donors (Lipinski definition) is 0. The van der Waals surface area contributed by atoms with Gasteiger partial charge in [0.2, 0.25) is 0 Å². The van der Waals surface area contributed by atoms with E-state index in [2.05, 4.69) is 77.5 Å². The van der Waals surface area contributed by atoms with E-state index in [4.69, 9.17) is 4.74 Å². The lowest BCUT2D eigenvalue weighted by Crippen LogP contribution is -1.96. The molecule has 2 aromatic rings. The number of alkyl halides is 1. The monoisotopic (exact) mass is 332 g/mol. The van der Waals surface area contributed by atoms with Crippen LogP contribution in [0.4, 0.5) is 0 Å². The SMILES string of the molecule is CCCOc1ccc(CCC(Br)c2ccccc2)cc1. The summed E-state index contributed by atoms with van der Waals surface area (Å²) in [5.74, 6) is 0.967. The fourth-order valence-electron chi connectivity index (χ4n) is 2.09. The Labute approximate surface area is 130 Å². The summed E-state index contributed by atoms with van der Waals surface area (Å²) in [6, 6.07) is 19.0. The summed E-state index contributed by atoms with van der Waals surface area (Å²) in [6.45, 7) is 2.91. The zero-order chi connectivity index (χ0) is 14.2. The number of aryl methyl sites for hydroxylation is 1. The van der Waals surface area contributed by atoms with Crippen molar-refractivity contribution in [3.63, 3.8) is 0 Å². The van der Waals surface area contributed by atoms with E-state index in [0.717, 1.165) is 31.6 Å². The molecule has 106 valence electrons. The second-order valence-electron chi connectivity index (χ2n) is 4.91. The molecule has 0 heterocycles. The van der Waals surface area contributed by atoms with Crippen molar-refractivity contribution in [3.8, 4) is 5.75 Å². The first kappa shape index (κ1) is 15.1. The normalized spacial score (nSPS) is 12.1. The zero-order valence-electron chi connectivity index (χ0n) is 11.9. The van der Waals surface area contributed by atoms with E-state index in [0.29, 0.717) is 4.83 Å². The van der Waals surface area contributed by atoms with E-state index in [-0.39, 0.29) is 0 Å². The van der Waals surface area contributed by atoms with Crippen molar-refractivity contribution in [2.24, 2.45) is 0 Å². The molecule has 0 amide bonds. The lowest BCUT2D eigenvalue weighted by atomic mass is 10.0. The second-order valence-corrected chi connectivity index (χ2v) is 6.01. The summed E-state index contributed by atoms with van der Waals surface area (Å²) in [5.41, 5.74) is 2.70. The predicted octanol–water partition coefficient (Wildman–Crippen LogP) is 5.54. The van der Waals surface area contributed by atoms with Gasteiger partial charge in [0.1, 0.15) is 5.75 Å². The van der Waals surface area contributed by atoms with Gasteiger partial charge in [-0.2, -0.15) is 0 Å². The van der Waals surface area contributed by atoms with Crippen LogP contribution in [-0.4, -0.2) is 6.61 Å². The van der Waals surface area contributed by atoms with Crippen LogP contribution in [0.3, 0.4) is 0 Å². The van der Waals surface area contributed by atoms with Gasteiger partial charge in [0, 0.05) is 4.83 Å². The number of halogens is 1. The van der Waals surface area contributed by atoms with E-state index >= 15 is 0 Å². The van der Waals surface area contributed by atoms with Crippen LogP contribution in [0, 0.1) is 0 Å². The van der Waals surface area contributed by atoms with Crippen LogP contribution in [0.1, 0.15) is 35.7 Å². The van der Waals surface area contributed by atoms with E-state index in [1.165, 1.54) is 11.1 Å². The molecule has 0 aliphatic heterocycles. The zero-order valence-corrected chi connectivity index (χ0v) is 13.5. The van der Waals surface area contributed by atoms with Gasteiger partial charge in [-0.3, -0.25) is 0 Å². The van der Waals surface area contributed by atoms with Crippen molar-refractivity contribution in [3.05, 3.63) is 65.7 Å². The molecule has 0 aliphatic carbocycles. The fraction of sp³-hybridized carbons (Fsp3) is 0.333. The maximum Gasteiger partial charge on any atom is 0.119 e. The Bertz CT molecular complexity index is 493. The smallest absolute Gasteiger partial charge is 0.119 e. The third-order valence-corrected chi connectivity index (χ3v) is 4.23. The Kier molecular flexibility index (Phi) is 6.13. The van der Waals surface area contributed by atoms with Crippen LogP contribution < -0.4 is 4.74 Å². The first-order valence-corrected chi connectivity index (χ1v) is 8.12. The summed E-state index contributed by atoms with van der Waals surface area (Å²) in [5, 5.41) is 0. The molecule has 20 heavy (non-hydrogen) atoms. The van der Waals surface area contributed by atoms with Gasteiger partial charge >= 0.3 is 0 Å². The van der Waals surface area contributed by atoms with Crippen molar-refractivity contribution < 1.29 is 4.74 Å². The first-order chi connectivity index (χ1) is 9.79. The van der Waals surface area contributed by atoms with Gasteiger partial charge in [0.25, 0.3) is 0 Å². The Balaban J connectivity index is 1.84. The Morgan fingerprint density at radius 2 is 1.70 bits per heavy atom. The molecule has 0 saturated carbocycles. The molecule has 0 aromatic heterocycles. The number of ether oxygens (including phenoxy) is 1. The van der Waals surface area contributed by atoms with Crippen LogP contribution in [0.25, 0.3) is 0 Å². The highest BCUT2D eigenvalue weighted by Gasteiger charge is 2.07. The summed E-state index contributed by atoms with van der Waals surface area (Å²) >= 11 is 3.77.